The van der Waals surface area contributed by atoms with Crippen molar-refractivity contribution in [2.45, 2.75) is 19.4 Å². The number of hydrogen-bond acceptors (Lipinski definition) is 4. The van der Waals surface area contributed by atoms with Gasteiger partial charge in [0, 0.05) is 18.8 Å². The van der Waals surface area contributed by atoms with E-state index in [9.17, 15) is 14.4 Å². The molecule has 8 heteroatoms. The van der Waals surface area contributed by atoms with Gasteiger partial charge in [0.05, 0.1) is 11.3 Å². The Balaban J connectivity index is 2.06. The molecule has 0 radical (unpaired) electrons. The molecule has 0 aromatic rings. The number of nitrogens with zero attached hydrogens (tertiary/aromatic N) is 2. The van der Waals surface area contributed by atoms with Crippen molar-refractivity contribution < 1.29 is 19.5 Å². The molecule has 1 unspecified atom stereocenters. The monoisotopic (exact) mass is 287 g/mol. The highest BCUT2D eigenvalue weighted by molar-refractivity contribution is 7.99. The Bertz CT molecular complexity index is 430. The van der Waals surface area contributed by atoms with Crippen molar-refractivity contribution in [3.63, 3.8) is 0 Å². The van der Waals surface area contributed by atoms with E-state index >= 15 is 0 Å². The van der Waals surface area contributed by atoms with Crippen LogP contribution in [0.2, 0.25) is 0 Å². The van der Waals surface area contributed by atoms with E-state index < -0.39 is 23.3 Å². The van der Waals surface area contributed by atoms with Gasteiger partial charge in [-0.05, 0) is 13.3 Å². The van der Waals surface area contributed by atoms with E-state index in [4.69, 9.17) is 10.8 Å². The average Bonchev–Trinajstić information content (AvgIpc) is 2.95. The molecular formula is C11H17N3O4S. The lowest BCUT2D eigenvalue weighted by Crippen LogP contribution is -2.49. The fraction of sp³-hybridized carbons (Fsp3) is 0.727. The van der Waals surface area contributed by atoms with Crippen molar-refractivity contribution in [3.05, 3.63) is 0 Å². The molecule has 0 spiro atoms. The van der Waals surface area contributed by atoms with Crippen LogP contribution in [0.4, 0.5) is 4.79 Å². The zero-order chi connectivity index (χ0) is 14.2. The van der Waals surface area contributed by atoms with Crippen LogP contribution < -0.4 is 5.73 Å². The van der Waals surface area contributed by atoms with Gasteiger partial charge in [-0.1, -0.05) is 0 Å². The third-order valence-electron chi connectivity index (χ3n) is 3.75. The zero-order valence-electron chi connectivity index (χ0n) is 10.7. The second-order valence-electron chi connectivity index (χ2n) is 5.20. The van der Waals surface area contributed by atoms with Crippen molar-refractivity contribution in [1.29, 1.82) is 0 Å². The highest BCUT2D eigenvalue weighted by Gasteiger charge is 2.44. The van der Waals surface area contributed by atoms with Crippen LogP contribution >= 0.6 is 11.8 Å². The van der Waals surface area contributed by atoms with Gasteiger partial charge in [-0.25, -0.2) is 9.59 Å². The molecule has 19 heavy (non-hydrogen) atoms. The summed E-state index contributed by atoms with van der Waals surface area (Å²) >= 11 is 1.42. The smallest absolute Gasteiger partial charge is 0.327 e. The van der Waals surface area contributed by atoms with Crippen molar-refractivity contribution in [3.8, 4) is 0 Å². The average molecular weight is 287 g/mol. The number of primary amides is 1. The van der Waals surface area contributed by atoms with Crippen LogP contribution in [0.15, 0.2) is 0 Å². The first kappa shape index (κ1) is 14.0. The van der Waals surface area contributed by atoms with Gasteiger partial charge in [-0.15, -0.1) is 11.8 Å². The molecule has 7 nitrogen and oxygen atoms in total. The summed E-state index contributed by atoms with van der Waals surface area (Å²) in [6.45, 7) is 2.43. The number of amides is 3. The number of carbonyl (C=O) groups excluding carboxylic acids is 2. The number of rotatable bonds is 2. The topological polar surface area (TPSA) is 104 Å². The van der Waals surface area contributed by atoms with E-state index in [2.05, 4.69) is 0 Å². The number of hydrogen-bond donors (Lipinski definition) is 2. The summed E-state index contributed by atoms with van der Waals surface area (Å²) in [6.07, 6.45) is 0.521. The maximum absolute atomic E-state index is 12.3. The zero-order valence-corrected chi connectivity index (χ0v) is 11.5. The molecule has 0 saturated carbocycles. The summed E-state index contributed by atoms with van der Waals surface area (Å²) in [5.41, 5.74) is 4.63. The molecule has 2 fully saturated rings. The van der Waals surface area contributed by atoms with Crippen LogP contribution in [0, 0.1) is 5.41 Å². The summed E-state index contributed by atoms with van der Waals surface area (Å²) in [5.74, 6) is -0.634. The maximum atomic E-state index is 12.3. The molecule has 3 amide bonds. The summed E-state index contributed by atoms with van der Waals surface area (Å²) in [5, 5.41) is 9.07. The molecule has 0 bridgehead atoms. The number of nitrogens with two attached hydrogens (primary N) is 1. The largest absolute Gasteiger partial charge is 0.480 e. The molecule has 2 aliphatic rings. The minimum Gasteiger partial charge on any atom is -0.480 e. The van der Waals surface area contributed by atoms with Crippen LogP contribution in [0.25, 0.3) is 0 Å². The van der Waals surface area contributed by atoms with Gasteiger partial charge >= 0.3 is 12.0 Å². The van der Waals surface area contributed by atoms with Crippen LogP contribution in [0.1, 0.15) is 13.3 Å². The van der Waals surface area contributed by atoms with E-state index in [-0.39, 0.29) is 12.6 Å². The molecule has 2 atom stereocenters. The van der Waals surface area contributed by atoms with Crippen LogP contribution in [-0.4, -0.2) is 63.6 Å². The van der Waals surface area contributed by atoms with Gasteiger partial charge in [0.15, 0.2) is 0 Å². The number of carboxylic acids is 1. The van der Waals surface area contributed by atoms with Gasteiger partial charge in [-0.2, -0.15) is 0 Å². The summed E-state index contributed by atoms with van der Waals surface area (Å²) in [4.78, 5) is 37.6. The second kappa shape index (κ2) is 4.92. The van der Waals surface area contributed by atoms with E-state index in [1.54, 1.807) is 6.92 Å². The molecule has 0 aromatic carbocycles. The van der Waals surface area contributed by atoms with E-state index in [1.807, 2.05) is 0 Å². The van der Waals surface area contributed by atoms with Gasteiger partial charge in [-0.3, -0.25) is 4.79 Å². The Morgan fingerprint density at radius 2 is 2.11 bits per heavy atom. The molecule has 2 saturated heterocycles. The lowest BCUT2D eigenvalue weighted by atomic mass is 9.89. The minimum absolute atomic E-state index is 0.259. The summed E-state index contributed by atoms with van der Waals surface area (Å²) in [7, 11) is 0. The van der Waals surface area contributed by atoms with Crippen LogP contribution in [-0.2, 0) is 9.59 Å². The maximum Gasteiger partial charge on any atom is 0.327 e. The molecule has 2 rings (SSSR count). The first-order chi connectivity index (χ1) is 8.85. The Labute approximate surface area is 115 Å². The highest BCUT2D eigenvalue weighted by atomic mass is 32.2. The number of urea groups is 1. The second-order valence-corrected chi connectivity index (χ2v) is 6.20. The summed E-state index contributed by atoms with van der Waals surface area (Å²) in [6, 6.07) is -1.10. The first-order valence-electron chi connectivity index (χ1n) is 6.01. The minimum atomic E-state index is -0.991. The predicted octanol–water partition coefficient (Wildman–Crippen LogP) is -0.237. The fourth-order valence-corrected chi connectivity index (χ4v) is 3.48. The van der Waals surface area contributed by atoms with Crippen molar-refractivity contribution in [1.82, 2.24) is 9.80 Å². The molecule has 2 heterocycles. The Morgan fingerprint density at radius 3 is 2.63 bits per heavy atom. The predicted molar refractivity (Wildman–Crippen MR) is 69.5 cm³/mol. The Morgan fingerprint density at radius 1 is 1.42 bits per heavy atom. The van der Waals surface area contributed by atoms with Crippen molar-refractivity contribution >= 4 is 29.7 Å². The van der Waals surface area contributed by atoms with Crippen LogP contribution in [0.3, 0.4) is 0 Å². The quantitative estimate of drug-likeness (QED) is 0.729. The Kier molecular flexibility index (Phi) is 3.62. The fourth-order valence-electron chi connectivity index (χ4n) is 2.34. The number of aliphatic carboxylic acids is 1. The molecule has 3 N–H and O–H groups in total. The third kappa shape index (κ3) is 2.49. The van der Waals surface area contributed by atoms with Crippen LogP contribution in [0.5, 0.6) is 0 Å². The lowest BCUT2D eigenvalue weighted by Gasteiger charge is -2.27. The highest BCUT2D eigenvalue weighted by Crippen LogP contribution is 2.31. The van der Waals surface area contributed by atoms with E-state index in [0.717, 1.165) is 0 Å². The molecule has 2 aliphatic heterocycles. The van der Waals surface area contributed by atoms with Gasteiger partial charge in [0.2, 0.25) is 5.91 Å². The van der Waals surface area contributed by atoms with Crippen molar-refractivity contribution in [2.75, 3.05) is 24.7 Å². The lowest BCUT2D eigenvalue weighted by molar-refractivity contribution is -0.141. The number of likely N-dealkylation sites (tertiary alicyclic amines) is 1. The van der Waals surface area contributed by atoms with E-state index in [1.165, 1.54) is 21.6 Å². The number of thioether (sulfide) groups is 1. The molecule has 0 aliphatic carbocycles. The standard InChI is InChI=1S/C11H17N3O4S/c1-11(9(12)17)2-3-13(5-11)10(18)14-6-19-4-7(14)8(15)16/h7H,2-6H2,1H3,(H2,12,17)(H,15,16)/t7-,11?/m0/s1. The summed E-state index contributed by atoms with van der Waals surface area (Å²) < 4.78 is 0. The van der Waals surface area contributed by atoms with Crippen molar-refractivity contribution in [2.24, 2.45) is 11.1 Å². The van der Waals surface area contributed by atoms with E-state index in [0.29, 0.717) is 24.6 Å². The first-order valence-corrected chi connectivity index (χ1v) is 7.16. The molecule has 0 aromatic heterocycles. The molecule has 106 valence electrons. The molecular weight excluding hydrogens is 270 g/mol. The number of carboxylic acid groups (broad SMARTS) is 1. The third-order valence-corrected chi connectivity index (χ3v) is 4.76. The normalized spacial score (nSPS) is 30.7. The van der Waals surface area contributed by atoms with Gasteiger partial charge in [0.25, 0.3) is 0 Å². The SMILES string of the molecule is CC1(C(N)=O)CCN(C(=O)N2CSC[C@H]2C(=O)O)C1. The Hall–Kier alpha value is -1.44. The number of carbonyl (C=O) groups is 3. The van der Waals surface area contributed by atoms with Gasteiger partial charge in [0.1, 0.15) is 6.04 Å². The van der Waals surface area contributed by atoms with Gasteiger partial charge < -0.3 is 20.6 Å².